The number of phenols is 1. The van der Waals surface area contributed by atoms with Gasteiger partial charge < -0.3 is 35.2 Å². The number of fused-ring (bicyclic) bond motifs is 9. The predicted octanol–water partition coefficient (Wildman–Crippen LogP) is 5.07. The Hall–Kier alpha value is -4.83. The molecule has 3 aromatic heterocycles. The summed E-state index contributed by atoms with van der Waals surface area (Å²) in [5, 5.41) is 11.8. The molecular formula is C42H43N6O7S2+. The summed E-state index contributed by atoms with van der Waals surface area (Å²) >= 11 is 0. The van der Waals surface area contributed by atoms with E-state index in [-0.39, 0.29) is 28.3 Å². The van der Waals surface area contributed by atoms with Crippen LogP contribution >= 0.6 is 21.6 Å². The molecule has 2 fully saturated rings. The molecule has 13 nitrogen and oxygen atoms in total. The molecule has 4 bridgehead atoms. The van der Waals surface area contributed by atoms with E-state index in [1.54, 1.807) is 34.6 Å². The molecule has 1 aromatic carbocycles. The zero-order chi connectivity index (χ0) is 39.2. The Morgan fingerprint density at radius 2 is 1.95 bits per heavy atom. The third-order valence-electron chi connectivity index (χ3n) is 12.3. The summed E-state index contributed by atoms with van der Waals surface area (Å²) in [5.41, 5.74) is 18.2. The molecule has 1 unspecified atom stereocenters. The molecule has 2 saturated heterocycles. The van der Waals surface area contributed by atoms with Crippen LogP contribution < -0.4 is 26.5 Å². The number of anilines is 2. The van der Waals surface area contributed by atoms with E-state index in [0.29, 0.717) is 85.3 Å². The van der Waals surface area contributed by atoms with Crippen LogP contribution in [0.4, 0.5) is 11.6 Å². The Morgan fingerprint density at radius 1 is 1.07 bits per heavy atom. The molecule has 0 radical (unpaired) electrons. The van der Waals surface area contributed by atoms with Crippen molar-refractivity contribution < 1.29 is 33.4 Å². The van der Waals surface area contributed by atoms with Crippen LogP contribution in [0.15, 0.2) is 68.1 Å². The number of hydrogen-bond acceptors (Lipinski definition) is 14. The number of carbonyl (C=O) groups excluding carboxylic acids is 1. The number of nitrogen functional groups attached to an aromatic ring is 2. The number of nitrogens with one attached hydrogen (secondary N) is 1. The smallest absolute Gasteiger partial charge is 0.341 e. The van der Waals surface area contributed by atoms with Crippen molar-refractivity contribution in [3.8, 4) is 22.8 Å². The van der Waals surface area contributed by atoms with Gasteiger partial charge in [-0.15, -0.1) is 0 Å². The lowest BCUT2D eigenvalue weighted by atomic mass is 9.74. The average molecular weight is 808 g/mol. The second kappa shape index (κ2) is 13.6. The number of benzene rings is 1. The van der Waals surface area contributed by atoms with Crippen LogP contribution in [0.3, 0.4) is 0 Å². The third-order valence-corrected chi connectivity index (χ3v) is 14.6. The number of nitrogens with two attached hydrogens (primary N) is 2. The lowest BCUT2D eigenvalue weighted by molar-refractivity contribution is -0.852. The summed E-state index contributed by atoms with van der Waals surface area (Å²) in [5.74, 6) is 1.91. The van der Waals surface area contributed by atoms with E-state index in [4.69, 9.17) is 40.1 Å². The Balaban J connectivity index is 1.01. The highest BCUT2D eigenvalue weighted by Crippen LogP contribution is 2.55. The van der Waals surface area contributed by atoms with Gasteiger partial charge in [-0.2, -0.15) is 0 Å². The SMILES string of the molecule is Cc1cc(=O)c2c(O)c3c(cc2o1)O[C@@]1(C)CCSSCc2c(cc(C[NH+]4C=C5N=CC=C5C4)nc2N)-c2cc(cc(N)n2)CC[C@H]2O[C@]24CCC[C@H]3[C@H]1OC4=O. The van der Waals surface area contributed by atoms with E-state index in [1.165, 1.54) is 16.5 Å². The minimum Gasteiger partial charge on any atom is -0.507 e. The topological polar surface area (TPSA) is 193 Å². The van der Waals surface area contributed by atoms with E-state index in [9.17, 15) is 14.7 Å². The van der Waals surface area contributed by atoms with Crippen molar-refractivity contribution in [3.05, 3.63) is 92.2 Å². The van der Waals surface area contributed by atoms with Crippen molar-refractivity contribution in [2.24, 2.45) is 4.99 Å². The van der Waals surface area contributed by atoms with Gasteiger partial charge in [0.05, 0.1) is 17.5 Å². The van der Waals surface area contributed by atoms with Crippen LogP contribution in [0.1, 0.15) is 73.1 Å². The molecule has 6 N–H and O–H groups in total. The molecule has 0 aliphatic carbocycles. The van der Waals surface area contributed by atoms with Gasteiger partial charge in [0.2, 0.25) is 0 Å². The minimum atomic E-state index is -1.07. The molecule has 57 heavy (non-hydrogen) atoms. The van der Waals surface area contributed by atoms with Gasteiger partial charge in [0, 0.05) is 64.5 Å². The summed E-state index contributed by atoms with van der Waals surface area (Å²) in [6, 6.07) is 9.10. The molecule has 6 atom stereocenters. The van der Waals surface area contributed by atoms with Gasteiger partial charge in [-0.05, 0) is 75.8 Å². The van der Waals surface area contributed by atoms with Gasteiger partial charge >= 0.3 is 5.97 Å². The number of rotatable bonds is 2. The van der Waals surface area contributed by atoms with E-state index >= 15 is 0 Å². The lowest BCUT2D eigenvalue weighted by Crippen LogP contribution is -3.04. The van der Waals surface area contributed by atoms with E-state index in [0.717, 1.165) is 40.3 Å². The highest BCUT2D eigenvalue weighted by atomic mass is 33.1. The number of aromatic hydroxyl groups is 1. The summed E-state index contributed by atoms with van der Waals surface area (Å²) in [6.07, 6.45) is 8.37. The first-order valence-corrected chi connectivity index (χ1v) is 21.9. The van der Waals surface area contributed by atoms with E-state index < -0.39 is 29.2 Å². The molecule has 294 valence electrons. The third kappa shape index (κ3) is 6.30. The second-order valence-electron chi connectivity index (χ2n) is 16.2. The van der Waals surface area contributed by atoms with Crippen molar-refractivity contribution in [1.29, 1.82) is 0 Å². The van der Waals surface area contributed by atoms with Gasteiger partial charge in [-0.25, -0.2) is 14.8 Å². The van der Waals surface area contributed by atoms with Gasteiger partial charge in [-0.3, -0.25) is 14.7 Å². The molecule has 6 aliphatic rings. The number of carbonyl (C=O) groups is 1. The van der Waals surface area contributed by atoms with Crippen LogP contribution in [0, 0.1) is 6.92 Å². The Morgan fingerprint density at radius 3 is 2.81 bits per heavy atom. The number of nitrogens with zero attached hydrogens (tertiary/aromatic N) is 3. The van der Waals surface area contributed by atoms with Crippen LogP contribution in [0.2, 0.25) is 0 Å². The monoisotopic (exact) mass is 807 g/mol. The quantitative estimate of drug-likeness (QED) is 0.119. The molecule has 1 spiro atoms. The minimum absolute atomic E-state index is 0.0968. The highest BCUT2D eigenvalue weighted by molar-refractivity contribution is 8.76. The summed E-state index contributed by atoms with van der Waals surface area (Å²) in [4.78, 5) is 42.8. The molecule has 9 heterocycles. The van der Waals surface area contributed by atoms with Crippen molar-refractivity contribution in [1.82, 2.24) is 9.97 Å². The molecule has 4 aromatic rings. The largest absolute Gasteiger partial charge is 0.507 e. The first-order chi connectivity index (χ1) is 27.5. The Bertz CT molecular complexity index is 2540. The van der Waals surface area contributed by atoms with Gasteiger partial charge in [-0.1, -0.05) is 21.6 Å². The Labute approximate surface area is 336 Å². The highest BCUT2D eigenvalue weighted by Gasteiger charge is 2.65. The first kappa shape index (κ1) is 36.5. The normalized spacial score (nSPS) is 29.0. The summed E-state index contributed by atoms with van der Waals surface area (Å²) < 4.78 is 25.5. The van der Waals surface area contributed by atoms with Crippen LogP contribution in [0.5, 0.6) is 11.5 Å². The van der Waals surface area contributed by atoms with E-state index in [1.807, 2.05) is 19.2 Å². The number of esters is 1. The van der Waals surface area contributed by atoms with Crippen LogP contribution in [-0.4, -0.2) is 63.0 Å². The first-order valence-electron chi connectivity index (χ1n) is 19.5. The number of aliphatic imine (C=N–C) groups is 1. The molecule has 15 heteroatoms. The maximum absolute atomic E-state index is 14.3. The Kier molecular flexibility index (Phi) is 8.74. The predicted molar refractivity (Wildman–Crippen MR) is 219 cm³/mol. The zero-order valence-electron chi connectivity index (χ0n) is 31.6. The van der Waals surface area contributed by atoms with Gasteiger partial charge in [0.15, 0.2) is 11.0 Å². The second-order valence-corrected chi connectivity index (χ2v) is 18.7. The maximum Gasteiger partial charge on any atom is 0.341 e. The number of hydrogen-bond donors (Lipinski definition) is 4. The summed E-state index contributed by atoms with van der Waals surface area (Å²) in [6.45, 7) is 5.14. The van der Waals surface area contributed by atoms with Crippen LogP contribution in [0.25, 0.3) is 22.2 Å². The van der Waals surface area contributed by atoms with Gasteiger partial charge in [0.25, 0.3) is 0 Å². The number of pyridine rings is 2. The number of aromatic nitrogens is 2. The fourth-order valence-corrected chi connectivity index (χ4v) is 11.8. The number of phenolic OH excluding ortho intramolecular Hbond substituents is 1. The van der Waals surface area contributed by atoms with Crippen molar-refractivity contribution in [3.63, 3.8) is 0 Å². The number of epoxide rings is 1. The number of allylic oxidation sites excluding steroid dienone is 1. The number of aryl methyl sites for hydroxylation is 2. The molecule has 10 rings (SSSR count). The number of quaternary nitrogens is 1. The molecule has 6 aliphatic heterocycles. The van der Waals surface area contributed by atoms with E-state index in [2.05, 4.69) is 29.4 Å². The lowest BCUT2D eigenvalue weighted by Gasteiger charge is -2.47. The zero-order valence-corrected chi connectivity index (χ0v) is 33.3. The van der Waals surface area contributed by atoms with Crippen LogP contribution in [-0.2, 0) is 33.0 Å². The summed E-state index contributed by atoms with van der Waals surface area (Å²) in [7, 11) is 3.32. The van der Waals surface area contributed by atoms with Gasteiger partial charge in [0.1, 0.15) is 76.6 Å². The van der Waals surface area contributed by atoms with Crippen molar-refractivity contribution >= 4 is 56.4 Å². The fourth-order valence-electron chi connectivity index (χ4n) is 9.46. The van der Waals surface area contributed by atoms with Crippen molar-refractivity contribution in [2.75, 3.05) is 23.8 Å². The molecule has 0 amide bonds. The average Bonchev–Trinajstić information content (AvgIpc) is 3.47. The van der Waals surface area contributed by atoms with Crippen molar-refractivity contribution in [2.45, 2.75) is 94.0 Å². The molecule has 0 saturated carbocycles. The molecular weight excluding hydrogens is 765 g/mol. The number of ether oxygens (including phenoxy) is 3. The standard InChI is InChI=1S/C42H42N6O7S2/c1-21-12-30(49)36-31(52-21)16-32-35(37(36)50)25-4-3-8-42-33(55-42)6-5-22-13-28(47-34(43)14-22)26-15-24(18-48-17-23-7-10-45-29(23)19-48)46-39(44)27(26)20-57-56-11-9-41(2,54-32)38(25)53-40(42)51/h7,10,12-16,19,25,33,38,50H,3-6,8-9,11,17-18,20H2,1-2H3,(H2,43,47)(H2,44,46)/p+1/t25-,33-,38-,41+,42-/m1/s1. The maximum atomic E-state index is 14.3. The fraction of sp³-hybridized carbons (Fsp3) is 0.405.